The number of hydrogen-bond acceptors (Lipinski definition) is 4. The van der Waals surface area contributed by atoms with Crippen molar-refractivity contribution in [3.8, 4) is 0 Å². The fourth-order valence-electron chi connectivity index (χ4n) is 3.30. The molecule has 8 heteroatoms. The summed E-state index contributed by atoms with van der Waals surface area (Å²) in [4.78, 5) is 4.74. The molecule has 3 rings (SSSR count). The molecule has 3 aromatic rings. The van der Waals surface area contributed by atoms with E-state index in [4.69, 9.17) is 10.1 Å². The Kier molecular flexibility index (Phi) is 9.52. The Hall–Kier alpha value is -1.91. The van der Waals surface area contributed by atoms with Crippen molar-refractivity contribution in [3.63, 3.8) is 0 Å². The number of aliphatic imine (C=N–C) groups is 1. The number of nitrogens with one attached hydrogen (secondary N) is 2. The highest BCUT2D eigenvalue weighted by molar-refractivity contribution is 14.0. The standard InChI is InChI=1S/C23H31N5OS.HI/c1-5-24-22(26-16-23(4,29)20-11-12-30-15-20)25-13-21-17(2)27-28(18(21)3)14-19-9-7-6-8-10-19;/h6-12,15,29H,5,13-14,16H2,1-4H3,(H2,24,25,26);1H. The van der Waals surface area contributed by atoms with Crippen molar-refractivity contribution in [1.29, 1.82) is 0 Å². The molecule has 0 aliphatic rings. The molecule has 31 heavy (non-hydrogen) atoms. The quantitative estimate of drug-likeness (QED) is 0.222. The highest BCUT2D eigenvalue weighted by atomic mass is 127. The van der Waals surface area contributed by atoms with Gasteiger partial charge in [-0.1, -0.05) is 30.3 Å². The maximum absolute atomic E-state index is 10.8. The van der Waals surface area contributed by atoms with E-state index in [-0.39, 0.29) is 24.0 Å². The van der Waals surface area contributed by atoms with E-state index in [2.05, 4.69) is 29.7 Å². The van der Waals surface area contributed by atoms with Gasteiger partial charge < -0.3 is 15.7 Å². The molecule has 0 saturated heterocycles. The first kappa shape index (κ1) is 25.4. The van der Waals surface area contributed by atoms with Gasteiger partial charge in [0.25, 0.3) is 0 Å². The zero-order valence-electron chi connectivity index (χ0n) is 18.6. The summed E-state index contributed by atoms with van der Waals surface area (Å²) in [6.07, 6.45) is 0. The van der Waals surface area contributed by atoms with Crippen LogP contribution in [0, 0.1) is 13.8 Å². The topological polar surface area (TPSA) is 74.5 Å². The van der Waals surface area contributed by atoms with E-state index in [1.165, 1.54) is 5.56 Å². The molecule has 1 aromatic carbocycles. The fraction of sp³-hybridized carbons (Fsp3) is 0.391. The van der Waals surface area contributed by atoms with Crippen LogP contribution in [0.1, 0.15) is 41.9 Å². The summed E-state index contributed by atoms with van der Waals surface area (Å²) >= 11 is 1.58. The summed E-state index contributed by atoms with van der Waals surface area (Å²) in [5.41, 5.74) is 4.43. The fourth-order valence-corrected chi connectivity index (χ4v) is 4.08. The highest BCUT2D eigenvalue weighted by Gasteiger charge is 2.23. The molecule has 168 valence electrons. The lowest BCUT2D eigenvalue weighted by Crippen LogP contribution is -2.44. The first-order valence-corrected chi connectivity index (χ1v) is 11.2. The van der Waals surface area contributed by atoms with Gasteiger partial charge >= 0.3 is 0 Å². The van der Waals surface area contributed by atoms with Gasteiger partial charge in [0.1, 0.15) is 5.60 Å². The molecule has 0 spiro atoms. The van der Waals surface area contributed by atoms with Gasteiger partial charge in [-0.15, -0.1) is 24.0 Å². The smallest absolute Gasteiger partial charge is 0.191 e. The molecule has 0 bridgehead atoms. The first-order valence-electron chi connectivity index (χ1n) is 10.2. The average molecular weight is 554 g/mol. The van der Waals surface area contributed by atoms with Crippen molar-refractivity contribution in [2.45, 2.75) is 46.4 Å². The normalized spacial score (nSPS) is 13.4. The summed E-state index contributed by atoms with van der Waals surface area (Å²) in [5.74, 6) is 0.683. The van der Waals surface area contributed by atoms with E-state index in [0.29, 0.717) is 19.0 Å². The number of aliphatic hydroxyl groups is 1. The lowest BCUT2D eigenvalue weighted by Gasteiger charge is -2.24. The van der Waals surface area contributed by atoms with Gasteiger partial charge in [-0.25, -0.2) is 4.99 Å². The molecule has 3 N–H and O–H groups in total. The second kappa shape index (κ2) is 11.6. The Morgan fingerprint density at radius 1 is 1.19 bits per heavy atom. The minimum atomic E-state index is -0.956. The van der Waals surface area contributed by atoms with Crippen molar-refractivity contribution in [2.24, 2.45) is 4.99 Å². The van der Waals surface area contributed by atoms with Gasteiger partial charge in [0.15, 0.2) is 5.96 Å². The average Bonchev–Trinajstić information content (AvgIpc) is 3.35. The third-order valence-electron chi connectivity index (χ3n) is 5.19. The highest BCUT2D eigenvalue weighted by Crippen LogP contribution is 2.22. The van der Waals surface area contributed by atoms with Gasteiger partial charge in [0, 0.05) is 17.8 Å². The lowest BCUT2D eigenvalue weighted by molar-refractivity contribution is 0.0621. The molecule has 2 aromatic heterocycles. The lowest BCUT2D eigenvalue weighted by atomic mass is 9.99. The van der Waals surface area contributed by atoms with Crippen LogP contribution in [-0.4, -0.2) is 33.9 Å². The van der Waals surface area contributed by atoms with Crippen LogP contribution in [0.2, 0.25) is 0 Å². The number of aromatic nitrogens is 2. The Labute approximate surface area is 205 Å². The molecule has 0 fully saturated rings. The number of hydrogen-bond donors (Lipinski definition) is 3. The zero-order chi connectivity index (χ0) is 21.6. The monoisotopic (exact) mass is 553 g/mol. The molecule has 6 nitrogen and oxygen atoms in total. The largest absolute Gasteiger partial charge is 0.384 e. The molecular weight excluding hydrogens is 521 g/mol. The van der Waals surface area contributed by atoms with Crippen LogP contribution >= 0.6 is 35.3 Å². The number of benzene rings is 1. The molecule has 0 saturated carbocycles. The predicted molar refractivity (Wildman–Crippen MR) is 139 cm³/mol. The van der Waals surface area contributed by atoms with Crippen molar-refractivity contribution >= 4 is 41.3 Å². The van der Waals surface area contributed by atoms with Crippen molar-refractivity contribution < 1.29 is 5.11 Å². The summed E-state index contributed by atoms with van der Waals surface area (Å²) in [5, 5.41) is 25.9. The molecule has 0 aliphatic carbocycles. The Morgan fingerprint density at radius 3 is 2.58 bits per heavy atom. The van der Waals surface area contributed by atoms with Crippen LogP contribution in [0.3, 0.4) is 0 Å². The number of halogens is 1. The number of nitrogens with zero attached hydrogens (tertiary/aromatic N) is 3. The SMILES string of the molecule is CCNC(=NCc1c(C)nn(Cc2ccccc2)c1C)NCC(C)(O)c1ccsc1.I. The van der Waals surface area contributed by atoms with Gasteiger partial charge in [-0.05, 0) is 55.6 Å². The van der Waals surface area contributed by atoms with Crippen LogP contribution in [0.5, 0.6) is 0 Å². The number of thiophene rings is 1. The Bertz CT molecular complexity index is 968. The van der Waals surface area contributed by atoms with Gasteiger partial charge in [0.05, 0.1) is 25.3 Å². The van der Waals surface area contributed by atoms with E-state index >= 15 is 0 Å². The minimum Gasteiger partial charge on any atom is -0.384 e. The van der Waals surface area contributed by atoms with Gasteiger partial charge in [-0.2, -0.15) is 16.4 Å². The maximum Gasteiger partial charge on any atom is 0.191 e. The zero-order valence-corrected chi connectivity index (χ0v) is 21.7. The van der Waals surface area contributed by atoms with E-state index < -0.39 is 5.60 Å². The molecule has 0 aliphatic heterocycles. The maximum atomic E-state index is 10.8. The second-order valence-corrected chi connectivity index (χ2v) is 8.41. The van der Waals surface area contributed by atoms with Crippen LogP contribution in [0.15, 0.2) is 52.2 Å². The van der Waals surface area contributed by atoms with Crippen LogP contribution in [-0.2, 0) is 18.7 Å². The minimum absolute atomic E-state index is 0. The molecule has 0 amide bonds. The van der Waals surface area contributed by atoms with E-state index in [1.807, 2.05) is 60.5 Å². The first-order chi connectivity index (χ1) is 14.4. The van der Waals surface area contributed by atoms with Crippen molar-refractivity contribution in [3.05, 3.63) is 75.2 Å². The molecular formula is C23H32IN5OS. The Morgan fingerprint density at radius 2 is 1.94 bits per heavy atom. The third kappa shape index (κ3) is 6.78. The summed E-state index contributed by atoms with van der Waals surface area (Å²) < 4.78 is 2.04. The predicted octanol–water partition coefficient (Wildman–Crippen LogP) is 4.19. The van der Waals surface area contributed by atoms with Gasteiger partial charge in [0.2, 0.25) is 0 Å². The molecule has 0 radical (unpaired) electrons. The van der Waals surface area contributed by atoms with E-state index in [0.717, 1.165) is 35.6 Å². The Balaban J connectivity index is 0.00000341. The summed E-state index contributed by atoms with van der Waals surface area (Å²) in [7, 11) is 0. The summed E-state index contributed by atoms with van der Waals surface area (Å²) in [6, 6.07) is 12.3. The second-order valence-electron chi connectivity index (χ2n) is 7.63. The third-order valence-corrected chi connectivity index (χ3v) is 5.87. The molecule has 1 atom stereocenters. The summed E-state index contributed by atoms with van der Waals surface area (Å²) in [6.45, 7) is 10.4. The van der Waals surface area contributed by atoms with Crippen molar-refractivity contribution in [1.82, 2.24) is 20.4 Å². The van der Waals surface area contributed by atoms with Gasteiger partial charge in [-0.3, -0.25) is 4.68 Å². The van der Waals surface area contributed by atoms with E-state index in [1.54, 1.807) is 11.3 Å². The van der Waals surface area contributed by atoms with Crippen LogP contribution in [0.25, 0.3) is 0 Å². The van der Waals surface area contributed by atoms with Crippen LogP contribution in [0.4, 0.5) is 0 Å². The van der Waals surface area contributed by atoms with Crippen LogP contribution < -0.4 is 10.6 Å². The number of rotatable bonds is 8. The molecule has 1 unspecified atom stereocenters. The molecule has 2 heterocycles. The number of guanidine groups is 1. The van der Waals surface area contributed by atoms with Crippen molar-refractivity contribution in [2.75, 3.05) is 13.1 Å². The van der Waals surface area contributed by atoms with E-state index in [9.17, 15) is 5.11 Å². The number of aryl methyl sites for hydroxylation is 1.